The zero-order valence-electron chi connectivity index (χ0n) is 12.5. The fourth-order valence-electron chi connectivity index (χ4n) is 2.33. The van der Waals surface area contributed by atoms with Crippen molar-refractivity contribution in [3.05, 3.63) is 40.3 Å². The minimum absolute atomic E-state index is 0.0699. The van der Waals surface area contributed by atoms with E-state index in [1.165, 1.54) is 16.7 Å². The van der Waals surface area contributed by atoms with Crippen molar-refractivity contribution in [2.75, 3.05) is 14.2 Å². The van der Waals surface area contributed by atoms with Crippen LogP contribution in [0.4, 0.5) is 0 Å². The summed E-state index contributed by atoms with van der Waals surface area (Å²) in [5.74, 6) is 1.37. The van der Waals surface area contributed by atoms with Gasteiger partial charge in [0, 0.05) is 12.6 Å². The summed E-state index contributed by atoms with van der Waals surface area (Å²) in [6.07, 6.45) is 3.72. The molecule has 0 radical (unpaired) electrons. The van der Waals surface area contributed by atoms with Crippen molar-refractivity contribution in [1.29, 1.82) is 0 Å². The van der Waals surface area contributed by atoms with Crippen LogP contribution in [0, 0.1) is 0 Å². The molecule has 114 valence electrons. The van der Waals surface area contributed by atoms with E-state index in [1.54, 1.807) is 14.2 Å². The summed E-state index contributed by atoms with van der Waals surface area (Å²) in [5.41, 5.74) is 1.88. The Morgan fingerprint density at radius 3 is 2.86 bits per heavy atom. The number of thioether (sulfide) groups is 1. The normalized spacial score (nSPS) is 22.5. The highest BCUT2D eigenvalue weighted by molar-refractivity contribution is 8.26. The molecule has 0 spiro atoms. The van der Waals surface area contributed by atoms with Crippen LogP contribution in [0.25, 0.3) is 6.08 Å². The van der Waals surface area contributed by atoms with Crippen molar-refractivity contribution in [2.45, 2.75) is 13.0 Å². The van der Waals surface area contributed by atoms with Crippen LogP contribution in [0.1, 0.15) is 12.5 Å². The highest BCUT2D eigenvalue weighted by atomic mass is 32.2. The van der Waals surface area contributed by atoms with Crippen LogP contribution in [0.2, 0.25) is 0 Å². The average molecular weight is 333 g/mol. The molecule has 0 bridgehead atoms. The van der Waals surface area contributed by atoms with Gasteiger partial charge in [0.1, 0.15) is 10.4 Å². The fourth-order valence-corrected chi connectivity index (χ4v) is 3.51. The summed E-state index contributed by atoms with van der Waals surface area (Å²) in [7, 11) is 3.31. The molecule has 0 aromatic heterocycles. The Morgan fingerprint density at radius 1 is 1.45 bits per heavy atom. The Bertz CT molecular complexity index is 724. The smallest absolute Gasteiger partial charge is 0.265 e. The molecule has 1 unspecified atom stereocenters. The van der Waals surface area contributed by atoms with E-state index in [2.05, 4.69) is 0 Å². The second-order valence-electron chi connectivity index (χ2n) is 5.02. The third kappa shape index (κ3) is 2.53. The van der Waals surface area contributed by atoms with E-state index < -0.39 is 0 Å². The number of rotatable bonds is 2. The highest BCUT2D eigenvalue weighted by Gasteiger charge is 2.30. The van der Waals surface area contributed by atoms with Gasteiger partial charge in [0.05, 0.1) is 12.0 Å². The van der Waals surface area contributed by atoms with E-state index in [0.29, 0.717) is 15.0 Å². The average Bonchev–Trinajstić information content (AvgIpc) is 2.75. The summed E-state index contributed by atoms with van der Waals surface area (Å²) in [5, 5.41) is 0. The fraction of sp³-hybridized carbons (Fsp3) is 0.250. The SMILES string of the molecule is COc1cccc2c1OC(C)C(/C=C1\SC(=S)N(C)C1=O)=C2. The molecular formula is C16H15NO3S2. The second-order valence-corrected chi connectivity index (χ2v) is 6.70. The molecule has 1 aromatic carbocycles. The van der Waals surface area contributed by atoms with Gasteiger partial charge in [-0.3, -0.25) is 9.69 Å². The van der Waals surface area contributed by atoms with Gasteiger partial charge >= 0.3 is 0 Å². The van der Waals surface area contributed by atoms with E-state index in [1.807, 2.05) is 37.3 Å². The second kappa shape index (κ2) is 5.78. The molecule has 4 nitrogen and oxygen atoms in total. The van der Waals surface area contributed by atoms with Crippen molar-refractivity contribution < 1.29 is 14.3 Å². The van der Waals surface area contributed by atoms with Gasteiger partial charge in [0.15, 0.2) is 11.5 Å². The zero-order chi connectivity index (χ0) is 15.9. The number of likely N-dealkylation sites (N-methyl/N-ethyl adjacent to an activating group) is 1. The Labute approximate surface area is 138 Å². The molecule has 6 heteroatoms. The summed E-state index contributed by atoms with van der Waals surface area (Å²) in [6, 6.07) is 5.74. The molecule has 0 aliphatic carbocycles. The van der Waals surface area contributed by atoms with E-state index in [4.69, 9.17) is 21.7 Å². The Kier molecular flexibility index (Phi) is 3.97. The lowest BCUT2D eigenvalue weighted by atomic mass is 10.0. The molecule has 1 saturated heterocycles. The first-order valence-corrected chi connectivity index (χ1v) is 8.00. The highest BCUT2D eigenvalue weighted by Crippen LogP contribution is 2.39. The number of amides is 1. The number of thiocarbonyl (C=S) groups is 1. The Hall–Kier alpha value is -1.79. The number of fused-ring (bicyclic) bond motifs is 1. The van der Waals surface area contributed by atoms with Crippen molar-refractivity contribution in [2.24, 2.45) is 0 Å². The molecule has 1 atom stereocenters. The Balaban J connectivity index is 2.00. The van der Waals surface area contributed by atoms with Gasteiger partial charge in [-0.15, -0.1) is 0 Å². The van der Waals surface area contributed by atoms with Crippen LogP contribution >= 0.6 is 24.0 Å². The largest absolute Gasteiger partial charge is 0.493 e. The molecule has 1 amide bonds. The number of para-hydroxylation sites is 1. The van der Waals surface area contributed by atoms with Crippen LogP contribution in [0.15, 0.2) is 34.8 Å². The predicted octanol–water partition coefficient (Wildman–Crippen LogP) is 3.23. The molecule has 0 N–H and O–H groups in total. The number of nitrogens with zero attached hydrogens (tertiary/aromatic N) is 1. The van der Waals surface area contributed by atoms with Crippen LogP contribution in [-0.2, 0) is 4.79 Å². The standard InChI is InChI=1S/C16H15NO3S2/c1-9-11(8-13-15(18)17(2)16(21)22-13)7-10-5-4-6-12(19-3)14(10)20-9/h4-9H,1-3H3/b13-8-. The summed E-state index contributed by atoms with van der Waals surface area (Å²) >= 11 is 6.46. The van der Waals surface area contributed by atoms with E-state index in [0.717, 1.165) is 16.9 Å². The number of carbonyl (C=O) groups excluding carboxylic acids is 1. The van der Waals surface area contributed by atoms with Gasteiger partial charge in [-0.2, -0.15) is 0 Å². The summed E-state index contributed by atoms with van der Waals surface area (Å²) < 4.78 is 11.9. The monoisotopic (exact) mass is 333 g/mol. The molecule has 22 heavy (non-hydrogen) atoms. The minimum Gasteiger partial charge on any atom is -0.493 e. The summed E-state index contributed by atoms with van der Waals surface area (Å²) in [4.78, 5) is 14.2. The number of hydrogen-bond donors (Lipinski definition) is 0. The first-order valence-electron chi connectivity index (χ1n) is 6.78. The van der Waals surface area contributed by atoms with Crippen LogP contribution in [0.3, 0.4) is 0 Å². The van der Waals surface area contributed by atoms with Gasteiger partial charge in [0.2, 0.25) is 0 Å². The molecule has 0 saturated carbocycles. The van der Waals surface area contributed by atoms with Gasteiger partial charge in [-0.25, -0.2) is 0 Å². The third-order valence-electron chi connectivity index (χ3n) is 3.60. The van der Waals surface area contributed by atoms with Gasteiger partial charge in [-0.05, 0) is 30.7 Å². The van der Waals surface area contributed by atoms with Crippen molar-refractivity contribution in [3.63, 3.8) is 0 Å². The zero-order valence-corrected chi connectivity index (χ0v) is 14.1. The van der Waals surface area contributed by atoms with E-state index in [-0.39, 0.29) is 12.0 Å². The van der Waals surface area contributed by atoms with Crippen molar-refractivity contribution >= 4 is 40.3 Å². The van der Waals surface area contributed by atoms with E-state index >= 15 is 0 Å². The maximum absolute atomic E-state index is 12.1. The number of hydrogen-bond acceptors (Lipinski definition) is 5. The topological polar surface area (TPSA) is 38.8 Å². The lowest BCUT2D eigenvalue weighted by Crippen LogP contribution is -2.23. The lowest BCUT2D eigenvalue weighted by molar-refractivity contribution is -0.121. The third-order valence-corrected chi connectivity index (χ3v) is 5.08. The predicted molar refractivity (Wildman–Crippen MR) is 92.1 cm³/mol. The molecular weight excluding hydrogens is 318 g/mol. The molecule has 3 rings (SSSR count). The number of carbonyl (C=O) groups is 1. The molecule has 2 heterocycles. The molecule has 2 aliphatic heterocycles. The van der Waals surface area contributed by atoms with Gasteiger partial charge in [-0.1, -0.05) is 36.1 Å². The number of methoxy groups -OCH3 is 1. The molecule has 1 aromatic rings. The van der Waals surface area contributed by atoms with Crippen molar-refractivity contribution in [1.82, 2.24) is 4.90 Å². The number of ether oxygens (including phenoxy) is 2. The lowest BCUT2D eigenvalue weighted by Gasteiger charge is -2.24. The van der Waals surface area contributed by atoms with Crippen LogP contribution in [-0.4, -0.2) is 35.4 Å². The van der Waals surface area contributed by atoms with Gasteiger partial charge in [0.25, 0.3) is 5.91 Å². The van der Waals surface area contributed by atoms with E-state index in [9.17, 15) is 4.79 Å². The first kappa shape index (κ1) is 15.1. The molecule has 1 fully saturated rings. The number of benzene rings is 1. The van der Waals surface area contributed by atoms with Crippen molar-refractivity contribution in [3.8, 4) is 11.5 Å². The Morgan fingerprint density at radius 2 is 2.23 bits per heavy atom. The van der Waals surface area contributed by atoms with Crippen LogP contribution in [0.5, 0.6) is 11.5 Å². The summed E-state index contributed by atoms with van der Waals surface area (Å²) in [6.45, 7) is 1.95. The van der Waals surface area contributed by atoms with Crippen LogP contribution < -0.4 is 9.47 Å². The molecule has 2 aliphatic rings. The maximum atomic E-state index is 12.1. The minimum atomic E-state index is -0.163. The van der Waals surface area contributed by atoms with Gasteiger partial charge < -0.3 is 9.47 Å². The quantitative estimate of drug-likeness (QED) is 0.614. The first-order chi connectivity index (χ1) is 10.5. The maximum Gasteiger partial charge on any atom is 0.265 e.